The molecule has 9 heteroatoms. The summed E-state index contributed by atoms with van der Waals surface area (Å²) in [5, 5.41) is 16.7. The molecular weight excluding hydrogens is 453 g/mol. The molecule has 0 bridgehead atoms. The van der Waals surface area contributed by atoms with Crippen molar-refractivity contribution in [2.24, 2.45) is 0 Å². The second-order valence-electron chi connectivity index (χ2n) is 7.78. The van der Waals surface area contributed by atoms with Crippen molar-refractivity contribution < 1.29 is 19.4 Å². The Balaban J connectivity index is 1.41. The number of carbonyl (C=O) groups excluding carboxylic acids is 2. The van der Waals surface area contributed by atoms with Gasteiger partial charge in [-0.1, -0.05) is 35.3 Å². The van der Waals surface area contributed by atoms with Crippen molar-refractivity contribution in [1.82, 2.24) is 10.2 Å². The Kier molecular flexibility index (Phi) is 8.75. The third-order valence-corrected chi connectivity index (χ3v) is 5.92. The lowest BCUT2D eigenvalue weighted by Crippen LogP contribution is -2.45. The van der Waals surface area contributed by atoms with Crippen LogP contribution in [0.4, 0.5) is 5.69 Å². The van der Waals surface area contributed by atoms with Gasteiger partial charge in [-0.3, -0.25) is 9.59 Å². The third kappa shape index (κ3) is 7.10. The zero-order chi connectivity index (χ0) is 23.1. The van der Waals surface area contributed by atoms with Crippen LogP contribution < -0.4 is 15.4 Å². The van der Waals surface area contributed by atoms with Crippen LogP contribution in [-0.4, -0.2) is 60.2 Å². The molecule has 3 rings (SSSR count). The van der Waals surface area contributed by atoms with Gasteiger partial charge in [0.2, 0.25) is 5.91 Å². The van der Waals surface area contributed by atoms with Gasteiger partial charge in [0.25, 0.3) is 5.91 Å². The van der Waals surface area contributed by atoms with Crippen LogP contribution in [0.5, 0.6) is 5.75 Å². The van der Waals surface area contributed by atoms with E-state index in [0.29, 0.717) is 33.6 Å². The lowest BCUT2D eigenvalue weighted by molar-refractivity contribution is -0.114. The number of anilines is 1. The number of likely N-dealkylation sites (tertiary alicyclic amines) is 1. The van der Waals surface area contributed by atoms with E-state index in [1.54, 1.807) is 42.5 Å². The largest absolute Gasteiger partial charge is 0.490 e. The molecule has 1 unspecified atom stereocenters. The summed E-state index contributed by atoms with van der Waals surface area (Å²) >= 11 is 12.0. The number of carbonyl (C=O) groups is 2. The number of β-amino-alcohol motifs (C(OH)–C–C–N with tert-alkyl or cyclic N) is 1. The second kappa shape index (κ2) is 11.5. The fraction of sp³-hybridized carbons (Fsp3) is 0.391. The van der Waals surface area contributed by atoms with Gasteiger partial charge in [0, 0.05) is 39.2 Å². The van der Waals surface area contributed by atoms with Crippen molar-refractivity contribution in [2.75, 3.05) is 31.5 Å². The van der Waals surface area contributed by atoms with Crippen LogP contribution >= 0.6 is 23.2 Å². The Morgan fingerprint density at radius 1 is 1.16 bits per heavy atom. The van der Waals surface area contributed by atoms with Gasteiger partial charge in [-0.15, -0.1) is 0 Å². The van der Waals surface area contributed by atoms with Crippen molar-refractivity contribution in [3.05, 3.63) is 58.1 Å². The SMILES string of the molecule is CC(=O)Nc1ccccc1C(=O)NCC(O)CN1CCC(Oc2ccc(Cl)c(Cl)c2)CC1. The maximum atomic E-state index is 12.5. The maximum absolute atomic E-state index is 12.5. The highest BCUT2D eigenvalue weighted by Gasteiger charge is 2.23. The topological polar surface area (TPSA) is 90.9 Å². The summed E-state index contributed by atoms with van der Waals surface area (Å²) in [6.07, 6.45) is 1.01. The van der Waals surface area contributed by atoms with Gasteiger partial charge >= 0.3 is 0 Å². The fourth-order valence-corrected chi connectivity index (χ4v) is 3.89. The number of hydrogen-bond donors (Lipinski definition) is 3. The maximum Gasteiger partial charge on any atom is 0.253 e. The van der Waals surface area contributed by atoms with Crippen LogP contribution in [0.3, 0.4) is 0 Å². The standard InChI is InChI=1S/C23H27Cl2N3O4/c1-15(29)27-22-5-3-2-4-19(22)23(31)26-13-16(30)14-28-10-8-17(9-11-28)32-18-6-7-20(24)21(25)12-18/h2-7,12,16-17,30H,8-11,13-14H2,1H3,(H,26,31)(H,27,29). The highest BCUT2D eigenvalue weighted by molar-refractivity contribution is 6.42. The number of benzene rings is 2. The van der Waals surface area contributed by atoms with Gasteiger partial charge in [0.05, 0.1) is 27.4 Å². The van der Waals surface area contributed by atoms with Gasteiger partial charge in [0.15, 0.2) is 0 Å². The average molecular weight is 480 g/mol. The van der Waals surface area contributed by atoms with E-state index in [1.807, 2.05) is 0 Å². The highest BCUT2D eigenvalue weighted by Crippen LogP contribution is 2.28. The van der Waals surface area contributed by atoms with E-state index in [9.17, 15) is 14.7 Å². The number of nitrogens with one attached hydrogen (secondary N) is 2. The van der Waals surface area contributed by atoms with Crippen molar-refractivity contribution in [3.63, 3.8) is 0 Å². The molecule has 2 aromatic rings. The number of aliphatic hydroxyl groups excluding tert-OH is 1. The molecule has 0 saturated carbocycles. The molecule has 0 radical (unpaired) electrons. The van der Waals surface area contributed by atoms with Gasteiger partial charge in [-0.25, -0.2) is 0 Å². The number of ether oxygens (including phenoxy) is 1. The molecule has 1 heterocycles. The van der Waals surface area contributed by atoms with Crippen molar-refractivity contribution in [1.29, 1.82) is 0 Å². The molecular formula is C23H27Cl2N3O4. The predicted octanol–water partition coefficient (Wildman–Crippen LogP) is 3.59. The van der Waals surface area contributed by atoms with Crippen molar-refractivity contribution in [2.45, 2.75) is 32.0 Å². The molecule has 0 aliphatic carbocycles. The van der Waals surface area contributed by atoms with Crippen molar-refractivity contribution >= 4 is 40.7 Å². The van der Waals surface area contributed by atoms with E-state index < -0.39 is 6.10 Å². The summed E-state index contributed by atoms with van der Waals surface area (Å²) in [5.41, 5.74) is 0.797. The van der Waals surface area contributed by atoms with Crippen LogP contribution in [0.15, 0.2) is 42.5 Å². The van der Waals surface area contributed by atoms with Gasteiger partial charge in [-0.2, -0.15) is 0 Å². The number of para-hydroxylation sites is 1. The minimum absolute atomic E-state index is 0.0746. The minimum atomic E-state index is -0.709. The number of nitrogens with zero attached hydrogens (tertiary/aromatic N) is 1. The number of rotatable bonds is 8. The molecule has 1 saturated heterocycles. The molecule has 7 nitrogen and oxygen atoms in total. The normalized spacial score (nSPS) is 15.8. The van der Waals surface area contributed by atoms with Crippen molar-refractivity contribution in [3.8, 4) is 5.75 Å². The fourth-order valence-electron chi connectivity index (χ4n) is 3.60. The molecule has 0 spiro atoms. The number of amides is 2. The molecule has 1 fully saturated rings. The van der Waals surface area contributed by atoms with Crippen LogP contribution in [0.1, 0.15) is 30.1 Å². The zero-order valence-electron chi connectivity index (χ0n) is 17.8. The summed E-state index contributed by atoms with van der Waals surface area (Å²) < 4.78 is 5.99. The lowest BCUT2D eigenvalue weighted by Gasteiger charge is -2.33. The van der Waals surface area contributed by atoms with E-state index in [2.05, 4.69) is 15.5 Å². The molecule has 32 heavy (non-hydrogen) atoms. The first-order valence-corrected chi connectivity index (χ1v) is 11.2. The quantitative estimate of drug-likeness (QED) is 0.538. The summed E-state index contributed by atoms with van der Waals surface area (Å²) in [6, 6.07) is 12.0. The number of halogens is 2. The number of piperidine rings is 1. The summed E-state index contributed by atoms with van der Waals surface area (Å²) in [5.74, 6) is 0.0964. The summed E-state index contributed by atoms with van der Waals surface area (Å²) in [7, 11) is 0. The molecule has 1 aliphatic rings. The van der Waals surface area contributed by atoms with E-state index in [0.717, 1.165) is 25.9 Å². The van der Waals surface area contributed by atoms with Gasteiger partial charge in [-0.05, 0) is 37.1 Å². The van der Waals surface area contributed by atoms with Gasteiger partial charge in [0.1, 0.15) is 11.9 Å². The zero-order valence-corrected chi connectivity index (χ0v) is 19.3. The first-order chi connectivity index (χ1) is 15.3. The average Bonchev–Trinajstić information content (AvgIpc) is 2.76. The highest BCUT2D eigenvalue weighted by atomic mass is 35.5. The lowest BCUT2D eigenvalue weighted by atomic mass is 10.1. The molecule has 0 aromatic heterocycles. The Bertz CT molecular complexity index is 949. The molecule has 2 aromatic carbocycles. The predicted molar refractivity (Wildman–Crippen MR) is 126 cm³/mol. The molecule has 1 atom stereocenters. The van der Waals surface area contributed by atoms with Crippen LogP contribution in [0, 0.1) is 0 Å². The number of hydrogen-bond acceptors (Lipinski definition) is 5. The first-order valence-electron chi connectivity index (χ1n) is 10.5. The third-order valence-electron chi connectivity index (χ3n) is 5.18. The Morgan fingerprint density at radius 2 is 1.88 bits per heavy atom. The Morgan fingerprint density at radius 3 is 2.56 bits per heavy atom. The summed E-state index contributed by atoms with van der Waals surface area (Å²) in [6.45, 7) is 3.52. The smallest absolute Gasteiger partial charge is 0.253 e. The second-order valence-corrected chi connectivity index (χ2v) is 8.60. The van der Waals surface area contributed by atoms with Gasteiger partial charge < -0.3 is 25.4 Å². The number of aliphatic hydroxyl groups is 1. The molecule has 1 aliphatic heterocycles. The van der Waals surface area contributed by atoms with E-state index in [4.69, 9.17) is 27.9 Å². The molecule has 2 amide bonds. The van der Waals surface area contributed by atoms with Crippen LogP contribution in [-0.2, 0) is 4.79 Å². The summed E-state index contributed by atoms with van der Waals surface area (Å²) in [4.78, 5) is 26.0. The van der Waals surface area contributed by atoms with E-state index in [-0.39, 0.29) is 24.5 Å². The minimum Gasteiger partial charge on any atom is -0.490 e. The van der Waals surface area contributed by atoms with E-state index >= 15 is 0 Å². The molecule has 172 valence electrons. The van der Waals surface area contributed by atoms with Crippen LogP contribution in [0.25, 0.3) is 0 Å². The van der Waals surface area contributed by atoms with E-state index in [1.165, 1.54) is 6.92 Å². The van der Waals surface area contributed by atoms with Crippen LogP contribution in [0.2, 0.25) is 10.0 Å². The Hall–Kier alpha value is -2.32. The monoisotopic (exact) mass is 479 g/mol. The first kappa shape index (κ1) is 24.3. The Labute approximate surface area is 197 Å². The molecule has 3 N–H and O–H groups in total.